The predicted octanol–water partition coefficient (Wildman–Crippen LogP) is 1.48. The minimum atomic E-state index is -3.48. The molecule has 27 heavy (non-hydrogen) atoms. The number of hydrogen-bond acceptors (Lipinski definition) is 7. The first kappa shape index (κ1) is 21.1. The third-order valence-corrected chi connectivity index (χ3v) is 6.44. The van der Waals surface area contributed by atoms with Crippen LogP contribution in [0.3, 0.4) is 0 Å². The van der Waals surface area contributed by atoms with E-state index in [1.165, 1.54) is 30.8 Å². The van der Waals surface area contributed by atoms with Gasteiger partial charge < -0.3 is 14.0 Å². The van der Waals surface area contributed by atoms with E-state index in [2.05, 4.69) is 0 Å². The topological polar surface area (TPSA) is 94.9 Å². The summed E-state index contributed by atoms with van der Waals surface area (Å²) in [6, 6.07) is 6.00. The lowest BCUT2D eigenvalue weighted by Crippen LogP contribution is -2.22. The van der Waals surface area contributed by atoms with Crippen molar-refractivity contribution in [2.75, 3.05) is 27.3 Å². The van der Waals surface area contributed by atoms with Crippen LogP contribution in [-0.2, 0) is 26.1 Å². The van der Waals surface area contributed by atoms with Crippen molar-refractivity contribution >= 4 is 27.3 Å². The second-order valence-corrected chi connectivity index (χ2v) is 8.84. The normalized spacial score (nSPS) is 11.6. The van der Waals surface area contributed by atoms with Crippen molar-refractivity contribution < 1.29 is 22.7 Å². The van der Waals surface area contributed by atoms with Crippen molar-refractivity contribution in [3.63, 3.8) is 0 Å². The molecular weight excluding hydrogens is 392 g/mol. The maximum Gasteiger partial charge on any atom is 0.307 e. The second-order valence-electron chi connectivity index (χ2n) is 5.87. The number of esters is 1. The monoisotopic (exact) mass is 414 g/mol. The Hall–Kier alpha value is -2.17. The van der Waals surface area contributed by atoms with Crippen LogP contribution in [0.25, 0.3) is 0 Å². The lowest BCUT2D eigenvalue weighted by atomic mass is 10.3. The first-order valence-electron chi connectivity index (χ1n) is 8.18. The van der Waals surface area contributed by atoms with E-state index in [-0.39, 0.29) is 35.9 Å². The van der Waals surface area contributed by atoms with Crippen molar-refractivity contribution in [1.82, 2.24) is 8.87 Å². The van der Waals surface area contributed by atoms with Crippen molar-refractivity contribution in [2.24, 2.45) is 0 Å². The lowest BCUT2D eigenvalue weighted by Gasteiger charge is -2.12. The fourth-order valence-corrected chi connectivity index (χ4v) is 3.85. The largest absolute Gasteiger partial charge is 0.490 e. The average Bonchev–Trinajstić information content (AvgIpc) is 2.95. The molecule has 0 fully saturated rings. The fourth-order valence-electron chi connectivity index (χ4n) is 2.18. The van der Waals surface area contributed by atoms with Crippen LogP contribution in [-0.4, -0.2) is 50.6 Å². The number of ether oxygens (including phenoxy) is 2. The quantitative estimate of drug-likeness (QED) is 0.456. The van der Waals surface area contributed by atoms with Crippen LogP contribution in [0.1, 0.15) is 12.1 Å². The van der Waals surface area contributed by atoms with Gasteiger partial charge in [-0.15, -0.1) is 0 Å². The van der Waals surface area contributed by atoms with E-state index in [4.69, 9.17) is 9.47 Å². The molecule has 0 atom stereocenters. The Morgan fingerprint density at radius 1 is 1.19 bits per heavy atom. The number of carbonyl (C=O) groups is 1. The molecule has 0 N–H and O–H groups in total. The summed E-state index contributed by atoms with van der Waals surface area (Å²) in [6.07, 6.45) is 0.106. The fraction of sp³-hybridized carbons (Fsp3) is 0.412. The molecule has 1 aromatic carbocycles. The number of hydrogen-bond donors (Lipinski definition) is 0. The van der Waals surface area contributed by atoms with Gasteiger partial charge in [0.1, 0.15) is 19.0 Å². The number of rotatable bonds is 9. The van der Waals surface area contributed by atoms with E-state index in [0.717, 1.165) is 21.3 Å². The number of aromatic nitrogens is 1. The molecule has 0 aliphatic carbocycles. The molecular formula is C17H22N2O6S2. The first-order chi connectivity index (χ1) is 12.7. The van der Waals surface area contributed by atoms with Crippen LogP contribution >= 0.6 is 11.3 Å². The maximum absolute atomic E-state index is 12.0. The molecule has 0 aliphatic heterocycles. The summed E-state index contributed by atoms with van der Waals surface area (Å²) in [4.78, 5) is 23.4. The van der Waals surface area contributed by atoms with E-state index >= 15 is 0 Å². The van der Waals surface area contributed by atoms with Crippen LogP contribution in [0.2, 0.25) is 0 Å². The number of carbonyl (C=O) groups excluding carboxylic acids is 1. The Morgan fingerprint density at radius 3 is 2.41 bits per heavy atom. The molecule has 1 aromatic heterocycles. The minimum absolute atomic E-state index is 0.0636. The number of nitrogens with zero attached hydrogens (tertiary/aromatic N) is 2. The molecule has 0 aliphatic rings. The number of benzene rings is 1. The Bertz CT molecular complexity index is 929. The summed E-state index contributed by atoms with van der Waals surface area (Å²) in [6.45, 7) is 2.30. The molecule has 2 aromatic rings. The molecule has 8 nitrogen and oxygen atoms in total. The van der Waals surface area contributed by atoms with Crippen molar-refractivity contribution in [3.05, 3.63) is 45.0 Å². The summed E-state index contributed by atoms with van der Waals surface area (Å²) in [7, 11) is -0.551. The Morgan fingerprint density at radius 2 is 1.85 bits per heavy atom. The molecule has 2 rings (SSSR count). The van der Waals surface area contributed by atoms with Crippen molar-refractivity contribution in [2.45, 2.75) is 24.8 Å². The highest BCUT2D eigenvalue weighted by Gasteiger charge is 2.16. The zero-order chi connectivity index (χ0) is 20.0. The summed E-state index contributed by atoms with van der Waals surface area (Å²) in [5.41, 5.74) is 0.820. The summed E-state index contributed by atoms with van der Waals surface area (Å²) >= 11 is 1.10. The number of sulfonamides is 1. The smallest absolute Gasteiger partial charge is 0.307 e. The highest BCUT2D eigenvalue weighted by atomic mass is 32.2. The van der Waals surface area contributed by atoms with E-state index in [1.807, 2.05) is 6.92 Å². The predicted molar refractivity (Wildman–Crippen MR) is 102 cm³/mol. The van der Waals surface area contributed by atoms with Crippen LogP contribution in [0.15, 0.2) is 39.3 Å². The molecule has 148 valence electrons. The van der Waals surface area contributed by atoms with Gasteiger partial charge >= 0.3 is 10.8 Å². The number of aryl methyl sites for hydroxylation is 1. The van der Waals surface area contributed by atoms with Crippen molar-refractivity contribution in [3.8, 4) is 5.75 Å². The van der Waals surface area contributed by atoms with Crippen LogP contribution in [0.5, 0.6) is 5.75 Å². The van der Waals surface area contributed by atoms with Gasteiger partial charge in [-0.05, 0) is 31.2 Å². The first-order valence-corrected chi connectivity index (χ1v) is 10.5. The van der Waals surface area contributed by atoms with Gasteiger partial charge in [-0.2, -0.15) is 0 Å². The third kappa shape index (κ3) is 5.65. The summed E-state index contributed by atoms with van der Waals surface area (Å²) in [5, 5.41) is 1.75. The molecule has 1 heterocycles. The Kier molecular flexibility index (Phi) is 7.17. The van der Waals surface area contributed by atoms with E-state index in [9.17, 15) is 18.0 Å². The van der Waals surface area contributed by atoms with Gasteiger partial charge in [0, 0.05) is 31.7 Å². The zero-order valence-electron chi connectivity index (χ0n) is 15.4. The Labute approximate surface area is 162 Å². The molecule has 0 saturated carbocycles. The van der Waals surface area contributed by atoms with E-state index in [0.29, 0.717) is 5.75 Å². The lowest BCUT2D eigenvalue weighted by molar-refractivity contribution is -0.144. The zero-order valence-corrected chi connectivity index (χ0v) is 17.0. The summed E-state index contributed by atoms with van der Waals surface area (Å²) in [5.74, 6) is 0.0627. The van der Waals surface area contributed by atoms with Gasteiger partial charge in [0.25, 0.3) is 0 Å². The molecule has 0 amide bonds. The number of thiazole rings is 1. The van der Waals surface area contributed by atoms with Gasteiger partial charge in [0.15, 0.2) is 0 Å². The molecule has 0 radical (unpaired) electrons. The van der Waals surface area contributed by atoms with E-state index < -0.39 is 16.0 Å². The molecule has 0 spiro atoms. The van der Waals surface area contributed by atoms with Gasteiger partial charge in [0.2, 0.25) is 10.0 Å². The van der Waals surface area contributed by atoms with Crippen LogP contribution in [0.4, 0.5) is 0 Å². The third-order valence-electron chi connectivity index (χ3n) is 3.73. The highest BCUT2D eigenvalue weighted by Crippen LogP contribution is 2.18. The standard InChI is InChI=1S/C17H22N2O6S2/c1-13-12-26-17(21)19(13)9-8-16(20)25-11-10-24-14-4-6-15(7-5-14)27(22,23)18(2)3/h4-7,12H,8-11H2,1-3H3. The second kappa shape index (κ2) is 9.16. The minimum Gasteiger partial charge on any atom is -0.490 e. The van der Waals surface area contributed by atoms with Gasteiger partial charge in [0.05, 0.1) is 11.3 Å². The molecule has 0 unspecified atom stereocenters. The van der Waals surface area contributed by atoms with Crippen LogP contribution in [0, 0.1) is 6.92 Å². The molecule has 0 saturated heterocycles. The Balaban J connectivity index is 1.73. The SMILES string of the molecule is Cc1csc(=O)n1CCC(=O)OCCOc1ccc(S(=O)(=O)N(C)C)cc1. The average molecular weight is 415 g/mol. The van der Waals surface area contributed by atoms with Crippen molar-refractivity contribution in [1.29, 1.82) is 0 Å². The molecule has 10 heteroatoms. The van der Waals surface area contributed by atoms with E-state index in [1.54, 1.807) is 17.5 Å². The maximum atomic E-state index is 12.0. The highest BCUT2D eigenvalue weighted by molar-refractivity contribution is 7.89. The molecule has 0 bridgehead atoms. The summed E-state index contributed by atoms with van der Waals surface area (Å²) < 4.78 is 37.1. The van der Waals surface area contributed by atoms with Gasteiger partial charge in [-0.25, -0.2) is 12.7 Å². The van der Waals surface area contributed by atoms with Crippen LogP contribution < -0.4 is 9.61 Å². The van der Waals surface area contributed by atoms with Gasteiger partial charge in [-0.3, -0.25) is 9.59 Å². The van der Waals surface area contributed by atoms with Gasteiger partial charge in [-0.1, -0.05) is 11.3 Å².